The van der Waals surface area contributed by atoms with Crippen molar-refractivity contribution in [2.45, 2.75) is 50.1 Å². The first-order valence-corrected chi connectivity index (χ1v) is 7.63. The lowest BCUT2D eigenvalue weighted by molar-refractivity contribution is -0.492. The van der Waals surface area contributed by atoms with E-state index in [4.69, 9.17) is 29.4 Å². The second kappa shape index (κ2) is 9.33. The molecule has 0 aliphatic carbocycles. The Hall–Kier alpha value is -1.01. The fourth-order valence-electron chi connectivity index (χ4n) is 2.56. The van der Waals surface area contributed by atoms with Crippen LogP contribution in [0.15, 0.2) is 0 Å². The Labute approximate surface area is 133 Å². The molecule has 0 spiro atoms. The molecule has 0 radical (unpaired) electrons. The molecule has 2 rings (SSSR count). The van der Waals surface area contributed by atoms with Gasteiger partial charge in [0.2, 0.25) is 0 Å². The first-order valence-electron chi connectivity index (χ1n) is 7.63. The van der Waals surface area contributed by atoms with Crippen LogP contribution in [0.25, 0.3) is 0 Å². The Morgan fingerprint density at radius 2 is 1.74 bits per heavy atom. The second-order valence-corrected chi connectivity index (χ2v) is 5.42. The number of carbonyl (C=O) groups excluding carboxylic acids is 1. The summed E-state index contributed by atoms with van der Waals surface area (Å²) < 4.78 is 20.8. The Kier molecular flexibility index (Phi) is 7.43. The average Bonchev–Trinajstić information content (AvgIpc) is 3.06. The minimum absolute atomic E-state index is 0.179. The summed E-state index contributed by atoms with van der Waals surface area (Å²) in [6.07, 6.45) is 0.0452. The number of fused-ring (bicyclic) bond motifs is 1. The zero-order valence-corrected chi connectivity index (χ0v) is 12.7. The van der Waals surface area contributed by atoms with E-state index in [1.54, 1.807) is 0 Å². The average molecular weight is 337 g/mol. The van der Waals surface area contributed by atoms with Crippen molar-refractivity contribution in [2.24, 2.45) is 0 Å². The largest absolute Gasteiger partial charge is 0.508 e. The van der Waals surface area contributed by atoms with Crippen LogP contribution in [0.2, 0.25) is 0 Å². The highest BCUT2D eigenvalue weighted by Crippen LogP contribution is 2.28. The van der Waals surface area contributed by atoms with Crippen molar-refractivity contribution in [2.75, 3.05) is 26.4 Å². The van der Waals surface area contributed by atoms with E-state index in [9.17, 15) is 9.90 Å². The molecule has 0 amide bonds. The maximum atomic E-state index is 11.6. The lowest BCUT2D eigenvalue weighted by Crippen LogP contribution is -2.34. The van der Waals surface area contributed by atoms with E-state index >= 15 is 0 Å². The lowest BCUT2D eigenvalue weighted by Gasteiger charge is -2.16. The van der Waals surface area contributed by atoms with E-state index in [0.29, 0.717) is 12.8 Å². The van der Waals surface area contributed by atoms with Crippen LogP contribution in [0, 0.1) is 0 Å². The van der Waals surface area contributed by atoms with Crippen LogP contribution < -0.4 is 0 Å². The molecule has 2 aliphatic rings. The predicted octanol–water partition coefficient (Wildman–Crippen LogP) is 0.239. The fourth-order valence-corrected chi connectivity index (χ4v) is 2.56. The van der Waals surface area contributed by atoms with E-state index < -0.39 is 30.6 Å². The van der Waals surface area contributed by atoms with Crippen molar-refractivity contribution in [1.29, 1.82) is 0 Å². The van der Waals surface area contributed by atoms with Gasteiger partial charge in [0.15, 0.2) is 6.10 Å². The molecule has 0 aromatic heterocycles. The summed E-state index contributed by atoms with van der Waals surface area (Å²) >= 11 is 0. The molecule has 23 heavy (non-hydrogen) atoms. The minimum atomic E-state index is -0.774. The van der Waals surface area contributed by atoms with Crippen molar-refractivity contribution in [1.82, 2.24) is 5.39 Å². The summed E-state index contributed by atoms with van der Waals surface area (Å²) in [6, 6.07) is 0. The monoisotopic (exact) mass is 337 g/mol. The Balaban J connectivity index is 1.48. The van der Waals surface area contributed by atoms with E-state index in [1.807, 2.05) is 0 Å². The molecule has 0 saturated carbocycles. The summed E-state index contributed by atoms with van der Waals surface area (Å²) in [5.74, 6) is 0. The number of unbranched alkanes of at least 4 members (excludes halogenated alkanes) is 3. The summed E-state index contributed by atoms with van der Waals surface area (Å²) in [7, 11) is 0. The van der Waals surface area contributed by atoms with Gasteiger partial charge in [-0.2, -0.15) is 0 Å². The van der Waals surface area contributed by atoms with Crippen molar-refractivity contribution >= 4 is 6.16 Å². The highest BCUT2D eigenvalue weighted by atomic mass is 17.1. The smallest absolute Gasteiger partial charge is 0.434 e. The standard InChI is InChI=1S/C13H23NO9/c15-9-7-20-12-10(8-21-11(9)12)23-13(16)19-5-3-1-2-4-6-22-14(17)18/h9-12,15,17-18H,1-8H2/t9-,10-,11-,12-/m1/s1. The number of rotatable bonds is 9. The maximum Gasteiger partial charge on any atom is 0.508 e. The normalized spacial score (nSPS) is 29.7. The van der Waals surface area contributed by atoms with Crippen LogP contribution in [0.5, 0.6) is 0 Å². The molecule has 2 aliphatic heterocycles. The van der Waals surface area contributed by atoms with E-state index in [-0.39, 0.29) is 31.8 Å². The van der Waals surface area contributed by atoms with Gasteiger partial charge in [0.25, 0.3) is 0 Å². The van der Waals surface area contributed by atoms with Crippen molar-refractivity contribution < 1.29 is 44.1 Å². The number of carbonyl (C=O) groups is 1. The molecule has 10 heteroatoms. The van der Waals surface area contributed by atoms with E-state index in [1.165, 1.54) is 0 Å². The van der Waals surface area contributed by atoms with Gasteiger partial charge in [-0.1, -0.05) is 6.42 Å². The molecule has 0 unspecified atom stereocenters. The van der Waals surface area contributed by atoms with Crippen molar-refractivity contribution in [3.63, 3.8) is 0 Å². The maximum absolute atomic E-state index is 11.6. The molecule has 0 aromatic rings. The summed E-state index contributed by atoms with van der Waals surface area (Å²) in [5.41, 5.74) is 0. The molecule has 2 saturated heterocycles. The van der Waals surface area contributed by atoms with Crippen LogP contribution in [-0.4, -0.2) is 77.9 Å². The first-order chi connectivity index (χ1) is 11.1. The fraction of sp³-hybridized carbons (Fsp3) is 0.923. The van der Waals surface area contributed by atoms with Gasteiger partial charge in [0, 0.05) is 0 Å². The van der Waals surface area contributed by atoms with Crippen LogP contribution in [0.3, 0.4) is 0 Å². The molecule has 10 nitrogen and oxygen atoms in total. The predicted molar refractivity (Wildman–Crippen MR) is 71.5 cm³/mol. The molecule has 2 heterocycles. The zero-order valence-electron chi connectivity index (χ0n) is 12.7. The van der Waals surface area contributed by atoms with Gasteiger partial charge in [-0.05, 0) is 19.3 Å². The van der Waals surface area contributed by atoms with Gasteiger partial charge in [0.1, 0.15) is 18.3 Å². The third kappa shape index (κ3) is 5.84. The summed E-state index contributed by atoms with van der Waals surface area (Å²) in [5, 5.41) is 25.9. The molecule has 2 fully saturated rings. The van der Waals surface area contributed by atoms with Gasteiger partial charge in [-0.25, -0.2) is 4.79 Å². The number of aliphatic hydroxyl groups is 1. The lowest BCUT2D eigenvalue weighted by atomic mass is 10.1. The molecule has 0 aromatic carbocycles. The number of hydrogen-bond acceptors (Lipinski definition) is 10. The van der Waals surface area contributed by atoms with Gasteiger partial charge in [0.05, 0.1) is 31.8 Å². The van der Waals surface area contributed by atoms with Crippen molar-refractivity contribution in [3.05, 3.63) is 0 Å². The highest BCUT2D eigenvalue weighted by Gasteiger charge is 2.49. The summed E-state index contributed by atoms with van der Waals surface area (Å²) in [6.45, 7) is 0.801. The zero-order chi connectivity index (χ0) is 16.7. The molecule has 0 bridgehead atoms. The topological polar surface area (TPSA) is 127 Å². The van der Waals surface area contributed by atoms with Crippen LogP contribution in [0.1, 0.15) is 25.7 Å². The molecular weight excluding hydrogens is 314 g/mol. The van der Waals surface area contributed by atoms with Gasteiger partial charge >= 0.3 is 6.16 Å². The van der Waals surface area contributed by atoms with Gasteiger partial charge in [-0.3, -0.25) is 15.3 Å². The molecule has 134 valence electrons. The number of aliphatic hydroxyl groups excluding tert-OH is 1. The third-order valence-electron chi connectivity index (χ3n) is 3.69. The van der Waals surface area contributed by atoms with Crippen molar-refractivity contribution in [3.8, 4) is 0 Å². The number of ether oxygens (including phenoxy) is 4. The number of hydrogen-bond donors (Lipinski definition) is 3. The van der Waals surface area contributed by atoms with Crippen LogP contribution in [0.4, 0.5) is 4.79 Å². The minimum Gasteiger partial charge on any atom is -0.434 e. The molecule has 4 atom stereocenters. The second-order valence-electron chi connectivity index (χ2n) is 5.42. The number of nitrogens with zero attached hydrogens (tertiary/aromatic N) is 1. The van der Waals surface area contributed by atoms with Crippen LogP contribution >= 0.6 is 0 Å². The van der Waals surface area contributed by atoms with E-state index in [0.717, 1.165) is 12.8 Å². The van der Waals surface area contributed by atoms with Gasteiger partial charge in [-0.15, -0.1) is 0 Å². The highest BCUT2D eigenvalue weighted by molar-refractivity contribution is 5.60. The molecular formula is C13H23NO9. The first kappa shape index (κ1) is 18.3. The molecule has 3 N–H and O–H groups in total. The quantitative estimate of drug-likeness (QED) is 0.306. The Morgan fingerprint density at radius 3 is 2.48 bits per heavy atom. The third-order valence-corrected chi connectivity index (χ3v) is 3.69. The van der Waals surface area contributed by atoms with Gasteiger partial charge < -0.3 is 24.1 Å². The Bertz CT molecular complexity index is 367. The summed E-state index contributed by atoms with van der Waals surface area (Å²) in [4.78, 5) is 16.0. The SMILES string of the molecule is O=C(OCCCCCCON(O)O)O[C@@H]1CO[C@H]2[C@@H]1OC[C@H]2O. The van der Waals surface area contributed by atoms with E-state index in [2.05, 4.69) is 4.84 Å². The van der Waals surface area contributed by atoms with Crippen LogP contribution in [-0.2, 0) is 23.8 Å². The Morgan fingerprint density at radius 1 is 1.04 bits per heavy atom.